The Balaban J connectivity index is 1.87. The Kier molecular flexibility index (Phi) is 4.08. The van der Waals surface area contributed by atoms with Gasteiger partial charge in [-0.1, -0.05) is 0 Å². The summed E-state index contributed by atoms with van der Waals surface area (Å²) >= 11 is 2.16. The van der Waals surface area contributed by atoms with Crippen LogP contribution in [-0.4, -0.2) is 24.5 Å². The number of primary sulfonamides is 1. The summed E-state index contributed by atoms with van der Waals surface area (Å²) in [5.41, 5.74) is 1.48. The molecule has 3 aromatic rings. The van der Waals surface area contributed by atoms with E-state index in [1.54, 1.807) is 0 Å². The van der Waals surface area contributed by atoms with E-state index < -0.39 is 10.0 Å². The summed E-state index contributed by atoms with van der Waals surface area (Å²) in [5, 5.41) is 15.3. The highest BCUT2D eigenvalue weighted by Gasteiger charge is 2.15. The van der Waals surface area contributed by atoms with Gasteiger partial charge in [0.15, 0.2) is 5.69 Å². The first-order valence-corrected chi connectivity index (χ1v) is 9.05. The number of benzene rings is 2. The summed E-state index contributed by atoms with van der Waals surface area (Å²) < 4.78 is 23.4. The van der Waals surface area contributed by atoms with Crippen LogP contribution in [-0.2, 0) is 10.0 Å². The predicted molar refractivity (Wildman–Crippen MR) is 94.6 cm³/mol. The molecule has 118 valence electrons. The van der Waals surface area contributed by atoms with E-state index in [-0.39, 0.29) is 16.5 Å². The van der Waals surface area contributed by atoms with Gasteiger partial charge in [0.05, 0.1) is 10.4 Å². The number of nitrogens with zero attached hydrogens (tertiary/aromatic N) is 1. The van der Waals surface area contributed by atoms with E-state index >= 15 is 0 Å². The largest absolute Gasteiger partial charge is 0.321 e. The summed E-state index contributed by atoms with van der Waals surface area (Å²) in [6.07, 6.45) is 0. The van der Waals surface area contributed by atoms with Crippen molar-refractivity contribution in [1.82, 2.24) is 10.2 Å². The molecule has 7 nitrogen and oxygen atoms in total. The van der Waals surface area contributed by atoms with E-state index in [2.05, 4.69) is 38.1 Å². The Morgan fingerprint density at radius 1 is 1.17 bits per heavy atom. The van der Waals surface area contributed by atoms with Crippen LogP contribution in [0, 0.1) is 3.57 Å². The van der Waals surface area contributed by atoms with Crippen LogP contribution in [0.25, 0.3) is 10.9 Å². The predicted octanol–water partition coefficient (Wildman–Crippen LogP) is 2.07. The zero-order valence-electron chi connectivity index (χ0n) is 11.6. The number of sulfonamides is 1. The SMILES string of the molecule is NS(=O)(=O)c1ccc(NC(=O)c2n[nH]c3ccc(I)cc23)cc1. The maximum atomic E-state index is 12.3. The molecule has 1 heterocycles. The highest BCUT2D eigenvalue weighted by Crippen LogP contribution is 2.20. The van der Waals surface area contributed by atoms with Crippen molar-refractivity contribution >= 4 is 55.1 Å². The van der Waals surface area contributed by atoms with Crippen LogP contribution in [0.15, 0.2) is 47.4 Å². The Hall–Kier alpha value is -1.98. The number of carbonyl (C=O) groups excluding carboxylic acids is 1. The van der Waals surface area contributed by atoms with E-state index in [1.807, 2.05) is 18.2 Å². The topological polar surface area (TPSA) is 118 Å². The molecule has 23 heavy (non-hydrogen) atoms. The van der Waals surface area contributed by atoms with Crippen molar-refractivity contribution in [2.75, 3.05) is 5.32 Å². The number of anilines is 1. The second-order valence-corrected chi connectivity index (χ2v) is 7.59. The molecule has 0 aliphatic carbocycles. The molecule has 1 amide bonds. The summed E-state index contributed by atoms with van der Waals surface area (Å²) in [6, 6.07) is 11.2. The quantitative estimate of drug-likeness (QED) is 0.539. The van der Waals surface area contributed by atoms with Crippen molar-refractivity contribution in [2.45, 2.75) is 4.90 Å². The minimum atomic E-state index is -3.76. The number of amides is 1. The average molecular weight is 442 g/mol. The molecule has 0 saturated carbocycles. The van der Waals surface area contributed by atoms with E-state index in [1.165, 1.54) is 24.3 Å². The number of fused-ring (bicyclic) bond motifs is 1. The Morgan fingerprint density at radius 2 is 1.87 bits per heavy atom. The lowest BCUT2D eigenvalue weighted by Gasteiger charge is -2.04. The van der Waals surface area contributed by atoms with Gasteiger partial charge in [-0.25, -0.2) is 13.6 Å². The average Bonchev–Trinajstić information content (AvgIpc) is 2.90. The molecule has 3 rings (SSSR count). The molecule has 0 radical (unpaired) electrons. The van der Waals surface area contributed by atoms with Gasteiger partial charge in [0, 0.05) is 14.6 Å². The van der Waals surface area contributed by atoms with Gasteiger partial charge in [-0.05, 0) is 65.1 Å². The number of aromatic amines is 1. The van der Waals surface area contributed by atoms with E-state index in [0.29, 0.717) is 5.69 Å². The molecule has 0 aliphatic heterocycles. The summed E-state index contributed by atoms with van der Waals surface area (Å²) in [5.74, 6) is -0.387. The molecule has 2 aromatic carbocycles. The fourth-order valence-corrected chi connectivity index (χ4v) is 3.08. The van der Waals surface area contributed by atoms with Crippen LogP contribution in [0.1, 0.15) is 10.5 Å². The lowest BCUT2D eigenvalue weighted by atomic mass is 10.2. The van der Waals surface area contributed by atoms with Crippen LogP contribution < -0.4 is 10.5 Å². The minimum absolute atomic E-state index is 0.0183. The van der Waals surface area contributed by atoms with Crippen molar-refractivity contribution in [2.24, 2.45) is 5.14 Å². The lowest BCUT2D eigenvalue weighted by Crippen LogP contribution is -2.14. The number of nitrogens with two attached hydrogens (primary N) is 1. The molecule has 4 N–H and O–H groups in total. The van der Waals surface area contributed by atoms with Crippen molar-refractivity contribution in [1.29, 1.82) is 0 Å². The Morgan fingerprint density at radius 3 is 2.52 bits per heavy atom. The highest BCUT2D eigenvalue weighted by atomic mass is 127. The smallest absolute Gasteiger partial charge is 0.276 e. The molecule has 0 unspecified atom stereocenters. The van der Waals surface area contributed by atoms with Crippen molar-refractivity contribution in [3.8, 4) is 0 Å². The number of carbonyl (C=O) groups is 1. The van der Waals surface area contributed by atoms with Crippen LogP contribution in [0.4, 0.5) is 5.69 Å². The second-order valence-electron chi connectivity index (χ2n) is 4.79. The molecule has 0 aliphatic rings. The molecule has 1 aromatic heterocycles. The number of H-pyrrole nitrogens is 1. The molecular formula is C14H11IN4O3S. The molecule has 0 saturated heterocycles. The van der Waals surface area contributed by atoms with E-state index in [9.17, 15) is 13.2 Å². The molecule has 0 atom stereocenters. The molecule has 0 bridgehead atoms. The third-order valence-electron chi connectivity index (χ3n) is 3.18. The Labute approximate surface area is 145 Å². The molecule has 0 fully saturated rings. The number of rotatable bonds is 3. The van der Waals surface area contributed by atoms with Gasteiger partial charge < -0.3 is 5.32 Å². The summed E-state index contributed by atoms with van der Waals surface area (Å²) in [6.45, 7) is 0. The summed E-state index contributed by atoms with van der Waals surface area (Å²) in [7, 11) is -3.76. The number of nitrogens with one attached hydrogen (secondary N) is 2. The van der Waals surface area contributed by atoms with Gasteiger partial charge in [-0.2, -0.15) is 5.10 Å². The van der Waals surface area contributed by atoms with Crippen molar-refractivity contribution in [3.63, 3.8) is 0 Å². The first-order valence-electron chi connectivity index (χ1n) is 6.42. The first-order chi connectivity index (χ1) is 10.8. The fourth-order valence-electron chi connectivity index (χ4n) is 2.08. The molecule has 0 spiro atoms. The number of halogens is 1. The Bertz CT molecular complexity index is 997. The van der Waals surface area contributed by atoms with E-state index in [0.717, 1.165) is 14.5 Å². The third-order valence-corrected chi connectivity index (χ3v) is 4.78. The normalized spacial score (nSPS) is 11.6. The zero-order chi connectivity index (χ0) is 16.6. The monoisotopic (exact) mass is 442 g/mol. The van der Waals surface area contributed by atoms with Gasteiger partial charge >= 0.3 is 0 Å². The van der Waals surface area contributed by atoms with Crippen molar-refractivity contribution in [3.05, 3.63) is 51.7 Å². The summed E-state index contributed by atoms with van der Waals surface area (Å²) in [4.78, 5) is 12.3. The maximum absolute atomic E-state index is 12.3. The first kappa shape index (κ1) is 15.9. The van der Waals surface area contributed by atoms with Crippen LogP contribution in [0.3, 0.4) is 0 Å². The van der Waals surface area contributed by atoms with Crippen LogP contribution in [0.5, 0.6) is 0 Å². The maximum Gasteiger partial charge on any atom is 0.276 e. The number of hydrogen-bond acceptors (Lipinski definition) is 4. The van der Waals surface area contributed by atoms with Crippen LogP contribution in [0.2, 0.25) is 0 Å². The van der Waals surface area contributed by atoms with Crippen LogP contribution >= 0.6 is 22.6 Å². The van der Waals surface area contributed by atoms with Gasteiger partial charge in [0.1, 0.15) is 0 Å². The van der Waals surface area contributed by atoms with Gasteiger partial charge in [-0.15, -0.1) is 0 Å². The molecular weight excluding hydrogens is 431 g/mol. The standard InChI is InChI=1S/C14H11IN4O3S/c15-8-1-6-12-11(7-8)13(19-18-12)14(20)17-9-2-4-10(5-3-9)23(16,21)22/h1-7H,(H,17,20)(H,18,19)(H2,16,21,22). The highest BCUT2D eigenvalue weighted by molar-refractivity contribution is 14.1. The fraction of sp³-hybridized carbons (Fsp3) is 0. The van der Waals surface area contributed by atoms with Gasteiger partial charge in [0.25, 0.3) is 5.91 Å². The minimum Gasteiger partial charge on any atom is -0.321 e. The zero-order valence-corrected chi connectivity index (χ0v) is 14.6. The van der Waals surface area contributed by atoms with Crippen molar-refractivity contribution < 1.29 is 13.2 Å². The second kappa shape index (κ2) is 5.91. The number of aromatic nitrogens is 2. The van der Waals surface area contributed by atoms with E-state index in [4.69, 9.17) is 5.14 Å². The lowest BCUT2D eigenvalue weighted by molar-refractivity contribution is 0.102. The van der Waals surface area contributed by atoms with Gasteiger partial charge in [0.2, 0.25) is 10.0 Å². The van der Waals surface area contributed by atoms with Gasteiger partial charge in [-0.3, -0.25) is 9.89 Å². The molecule has 9 heteroatoms. The third kappa shape index (κ3) is 3.35. The number of hydrogen-bond donors (Lipinski definition) is 3.